The van der Waals surface area contributed by atoms with E-state index in [0.29, 0.717) is 27.4 Å². The van der Waals surface area contributed by atoms with Crippen molar-refractivity contribution in [3.8, 4) is 16.6 Å². The molecule has 1 aliphatic heterocycles. The number of halogens is 1. The number of hydrogen-bond donors (Lipinski definition) is 1. The molecule has 1 unspecified atom stereocenters. The third kappa shape index (κ3) is 3.26. The van der Waals surface area contributed by atoms with Crippen molar-refractivity contribution in [3.63, 3.8) is 0 Å². The molecule has 1 saturated heterocycles. The van der Waals surface area contributed by atoms with Gasteiger partial charge in [-0.05, 0) is 36.8 Å². The maximum Gasteiger partial charge on any atom is 0.325 e. The van der Waals surface area contributed by atoms with Gasteiger partial charge in [-0.15, -0.1) is 11.3 Å². The summed E-state index contributed by atoms with van der Waals surface area (Å²) in [7, 11) is 0. The van der Waals surface area contributed by atoms with Gasteiger partial charge in [0.1, 0.15) is 16.4 Å². The zero-order chi connectivity index (χ0) is 20.6. The molecule has 8 heteroatoms. The van der Waals surface area contributed by atoms with Crippen LogP contribution in [0.3, 0.4) is 0 Å². The molecule has 3 amide bonds. The van der Waals surface area contributed by atoms with E-state index in [2.05, 4.69) is 10.3 Å². The van der Waals surface area contributed by atoms with E-state index in [1.54, 1.807) is 54.8 Å². The second-order valence-electron chi connectivity index (χ2n) is 6.76. The molecule has 1 N–H and O–H groups in total. The Hall–Kier alpha value is -3.57. The topological polar surface area (TPSA) is 86.1 Å². The number of imide groups is 1. The van der Waals surface area contributed by atoms with Crippen LogP contribution in [0.15, 0.2) is 53.9 Å². The third-order valence-corrected chi connectivity index (χ3v) is 5.77. The van der Waals surface area contributed by atoms with Gasteiger partial charge in [0.05, 0.1) is 23.9 Å². The van der Waals surface area contributed by atoms with Gasteiger partial charge in [-0.2, -0.15) is 5.26 Å². The van der Waals surface area contributed by atoms with E-state index >= 15 is 0 Å². The number of nitrogens with zero attached hydrogens (tertiary/aromatic N) is 3. The van der Waals surface area contributed by atoms with Gasteiger partial charge in [-0.25, -0.2) is 14.2 Å². The molecule has 1 aromatic heterocycles. The SMILES string of the molecule is CC1(c2ccc(C#N)cc2)NC(=O)N(Cc2csc(-c3ccccc3F)n2)C1=O. The number of nitriles is 1. The predicted octanol–water partition coefficient (Wildman–Crippen LogP) is 3.79. The lowest BCUT2D eigenvalue weighted by Crippen LogP contribution is -2.40. The van der Waals surface area contributed by atoms with E-state index < -0.39 is 17.5 Å². The number of benzene rings is 2. The second kappa shape index (κ2) is 7.11. The summed E-state index contributed by atoms with van der Waals surface area (Å²) >= 11 is 1.25. The molecule has 0 radical (unpaired) electrons. The lowest BCUT2D eigenvalue weighted by molar-refractivity contribution is -0.131. The van der Waals surface area contributed by atoms with E-state index in [-0.39, 0.29) is 12.4 Å². The highest BCUT2D eigenvalue weighted by Gasteiger charge is 2.49. The largest absolute Gasteiger partial charge is 0.325 e. The molecule has 1 atom stereocenters. The van der Waals surface area contributed by atoms with Gasteiger partial charge in [0, 0.05) is 10.9 Å². The van der Waals surface area contributed by atoms with Gasteiger partial charge in [0.15, 0.2) is 0 Å². The van der Waals surface area contributed by atoms with Crippen molar-refractivity contribution in [2.45, 2.75) is 19.0 Å². The average Bonchev–Trinajstić information content (AvgIpc) is 3.27. The van der Waals surface area contributed by atoms with Gasteiger partial charge in [0.25, 0.3) is 5.91 Å². The minimum Gasteiger partial charge on any atom is -0.319 e. The highest BCUT2D eigenvalue weighted by atomic mass is 32.1. The molecule has 2 aromatic carbocycles. The fraction of sp³-hybridized carbons (Fsp3) is 0.143. The molecule has 144 valence electrons. The number of carbonyl (C=O) groups is 2. The Morgan fingerprint density at radius 2 is 1.93 bits per heavy atom. The highest BCUT2D eigenvalue weighted by molar-refractivity contribution is 7.13. The molecule has 2 heterocycles. The monoisotopic (exact) mass is 406 g/mol. The zero-order valence-electron chi connectivity index (χ0n) is 15.3. The molecule has 0 saturated carbocycles. The Morgan fingerprint density at radius 1 is 1.21 bits per heavy atom. The van der Waals surface area contributed by atoms with Crippen LogP contribution in [0.4, 0.5) is 9.18 Å². The summed E-state index contributed by atoms with van der Waals surface area (Å²) < 4.78 is 14.0. The average molecular weight is 406 g/mol. The molecule has 4 rings (SSSR count). The van der Waals surface area contributed by atoms with E-state index in [1.165, 1.54) is 17.4 Å². The lowest BCUT2D eigenvalue weighted by Gasteiger charge is -2.22. The van der Waals surface area contributed by atoms with Crippen molar-refractivity contribution in [1.29, 1.82) is 5.26 Å². The molecule has 0 spiro atoms. The number of carbonyl (C=O) groups excluding carboxylic acids is 2. The number of hydrogen-bond acceptors (Lipinski definition) is 5. The molecule has 1 fully saturated rings. The number of thiazole rings is 1. The number of urea groups is 1. The summed E-state index contributed by atoms with van der Waals surface area (Å²) in [5.74, 6) is -0.788. The van der Waals surface area contributed by atoms with E-state index in [4.69, 9.17) is 5.26 Å². The number of rotatable bonds is 4. The normalized spacial score (nSPS) is 18.6. The van der Waals surface area contributed by atoms with Crippen LogP contribution in [0.2, 0.25) is 0 Å². The third-order valence-electron chi connectivity index (χ3n) is 4.84. The smallest absolute Gasteiger partial charge is 0.319 e. The molecule has 3 aromatic rings. The van der Waals surface area contributed by atoms with Crippen LogP contribution in [-0.4, -0.2) is 21.8 Å². The van der Waals surface area contributed by atoms with E-state index in [9.17, 15) is 14.0 Å². The molecular formula is C21H15FN4O2S. The summed E-state index contributed by atoms with van der Waals surface area (Å²) in [4.78, 5) is 31.0. The Bertz CT molecular complexity index is 1150. The van der Waals surface area contributed by atoms with Crippen LogP contribution < -0.4 is 5.32 Å². The van der Waals surface area contributed by atoms with Crippen molar-refractivity contribution in [2.75, 3.05) is 0 Å². The van der Waals surface area contributed by atoms with Crippen molar-refractivity contribution >= 4 is 23.3 Å². The Labute approximate surface area is 170 Å². The van der Waals surface area contributed by atoms with Crippen molar-refractivity contribution in [2.24, 2.45) is 0 Å². The Balaban J connectivity index is 1.57. The van der Waals surface area contributed by atoms with Gasteiger partial charge in [-0.1, -0.05) is 24.3 Å². The first-order chi connectivity index (χ1) is 13.9. The van der Waals surface area contributed by atoms with Crippen LogP contribution in [0.25, 0.3) is 10.6 Å². The fourth-order valence-corrected chi connectivity index (χ4v) is 4.05. The quantitative estimate of drug-likeness (QED) is 0.668. The maximum absolute atomic E-state index is 14.0. The minimum atomic E-state index is -1.23. The maximum atomic E-state index is 14.0. The van der Waals surface area contributed by atoms with Crippen molar-refractivity contribution < 1.29 is 14.0 Å². The minimum absolute atomic E-state index is 0.0124. The van der Waals surface area contributed by atoms with Crippen LogP contribution in [0.1, 0.15) is 23.7 Å². The summed E-state index contributed by atoms with van der Waals surface area (Å²) in [5.41, 5.74) is 0.705. The number of nitrogens with one attached hydrogen (secondary N) is 1. The van der Waals surface area contributed by atoms with Gasteiger partial charge < -0.3 is 5.32 Å². The van der Waals surface area contributed by atoms with E-state index in [1.807, 2.05) is 6.07 Å². The van der Waals surface area contributed by atoms with Crippen LogP contribution in [-0.2, 0) is 16.9 Å². The van der Waals surface area contributed by atoms with Crippen molar-refractivity contribution in [3.05, 3.63) is 76.5 Å². The first-order valence-electron chi connectivity index (χ1n) is 8.76. The van der Waals surface area contributed by atoms with Crippen molar-refractivity contribution in [1.82, 2.24) is 15.2 Å². The summed E-state index contributed by atoms with van der Waals surface area (Å²) in [6.45, 7) is 1.61. The lowest BCUT2D eigenvalue weighted by atomic mass is 9.91. The Kier molecular flexibility index (Phi) is 4.60. The van der Waals surface area contributed by atoms with Gasteiger partial charge >= 0.3 is 6.03 Å². The van der Waals surface area contributed by atoms with E-state index in [0.717, 1.165) is 4.90 Å². The molecule has 6 nitrogen and oxygen atoms in total. The summed E-state index contributed by atoms with van der Waals surface area (Å²) in [6.07, 6.45) is 0. The number of aromatic nitrogens is 1. The summed E-state index contributed by atoms with van der Waals surface area (Å²) in [5, 5.41) is 13.9. The predicted molar refractivity (Wildman–Crippen MR) is 105 cm³/mol. The summed E-state index contributed by atoms with van der Waals surface area (Å²) in [6, 6.07) is 14.3. The van der Waals surface area contributed by atoms with Gasteiger partial charge in [-0.3, -0.25) is 9.69 Å². The molecule has 0 bridgehead atoms. The zero-order valence-corrected chi connectivity index (χ0v) is 16.2. The molecular weight excluding hydrogens is 391 g/mol. The van der Waals surface area contributed by atoms with Gasteiger partial charge in [0.2, 0.25) is 0 Å². The standard InChI is InChI=1S/C21H15FN4O2S/c1-21(14-8-6-13(10-23)7-9-14)19(27)26(20(28)25-21)11-15-12-29-18(24-15)16-4-2-3-5-17(16)22/h2-9,12H,11H2,1H3,(H,25,28). The molecule has 29 heavy (non-hydrogen) atoms. The van der Waals surface area contributed by atoms with Crippen LogP contribution >= 0.6 is 11.3 Å². The first kappa shape index (κ1) is 18.8. The second-order valence-corrected chi connectivity index (χ2v) is 7.62. The van der Waals surface area contributed by atoms with Crippen LogP contribution in [0.5, 0.6) is 0 Å². The molecule has 1 aliphatic rings. The highest BCUT2D eigenvalue weighted by Crippen LogP contribution is 2.31. The Morgan fingerprint density at radius 3 is 2.62 bits per heavy atom. The number of amides is 3. The fourth-order valence-electron chi connectivity index (χ4n) is 3.21. The molecule has 0 aliphatic carbocycles. The van der Waals surface area contributed by atoms with Crippen LogP contribution in [0, 0.1) is 17.1 Å². The first-order valence-corrected chi connectivity index (χ1v) is 9.64.